The minimum absolute atomic E-state index is 0.295. The summed E-state index contributed by atoms with van der Waals surface area (Å²) in [5.74, 6) is 0.951. The third-order valence-electron chi connectivity index (χ3n) is 2.43. The van der Waals surface area contributed by atoms with Crippen molar-refractivity contribution < 1.29 is 5.11 Å². The average molecular weight is 229 g/mol. The van der Waals surface area contributed by atoms with E-state index >= 15 is 0 Å². The summed E-state index contributed by atoms with van der Waals surface area (Å²) in [6.45, 7) is 2.71. The van der Waals surface area contributed by atoms with Crippen molar-refractivity contribution in [3.63, 3.8) is 0 Å². The van der Waals surface area contributed by atoms with Crippen LogP contribution >= 0.6 is 0 Å². The minimum atomic E-state index is 0.295. The van der Waals surface area contributed by atoms with Crippen LogP contribution in [-0.4, -0.2) is 21.6 Å². The van der Waals surface area contributed by atoms with Gasteiger partial charge in [0.1, 0.15) is 5.75 Å². The molecule has 0 spiro atoms. The molecule has 1 heterocycles. The molecule has 0 saturated carbocycles. The first-order chi connectivity index (χ1) is 8.24. The van der Waals surface area contributed by atoms with Crippen LogP contribution in [-0.2, 0) is 6.42 Å². The number of hydrogen-bond donors (Lipinski definition) is 2. The fourth-order valence-corrected chi connectivity index (χ4v) is 1.52. The van der Waals surface area contributed by atoms with Crippen molar-refractivity contribution in [2.75, 3.05) is 11.9 Å². The molecule has 0 amide bonds. The summed E-state index contributed by atoms with van der Waals surface area (Å²) >= 11 is 0. The Bertz CT molecular complexity index is 482. The normalized spacial score (nSPS) is 10.2. The second-order valence-corrected chi connectivity index (χ2v) is 3.86. The highest BCUT2D eigenvalue weighted by atomic mass is 16.3. The van der Waals surface area contributed by atoms with Gasteiger partial charge in [0, 0.05) is 18.4 Å². The van der Waals surface area contributed by atoms with Gasteiger partial charge >= 0.3 is 0 Å². The molecule has 2 N–H and O–H groups in total. The second kappa shape index (κ2) is 5.30. The van der Waals surface area contributed by atoms with E-state index in [0.29, 0.717) is 11.7 Å². The minimum Gasteiger partial charge on any atom is -0.508 e. The predicted molar refractivity (Wildman–Crippen MR) is 67.1 cm³/mol. The van der Waals surface area contributed by atoms with E-state index < -0.39 is 0 Å². The summed E-state index contributed by atoms with van der Waals surface area (Å²) in [7, 11) is 0. The number of phenols is 1. The summed E-state index contributed by atoms with van der Waals surface area (Å²) in [4.78, 5) is 8.38. The Balaban J connectivity index is 1.85. The maximum atomic E-state index is 9.16. The van der Waals surface area contributed by atoms with E-state index in [9.17, 15) is 0 Å². The first-order valence-electron chi connectivity index (χ1n) is 5.55. The van der Waals surface area contributed by atoms with Gasteiger partial charge < -0.3 is 10.4 Å². The summed E-state index contributed by atoms with van der Waals surface area (Å²) in [5, 5.41) is 12.3. The molecule has 0 saturated heterocycles. The van der Waals surface area contributed by atoms with Crippen LogP contribution in [0.2, 0.25) is 0 Å². The number of aromatic nitrogens is 2. The van der Waals surface area contributed by atoms with E-state index in [1.54, 1.807) is 18.3 Å². The number of aromatic hydroxyl groups is 1. The van der Waals surface area contributed by atoms with E-state index in [2.05, 4.69) is 15.3 Å². The Labute approximate surface area is 100 Å². The van der Waals surface area contributed by atoms with Gasteiger partial charge in [-0.2, -0.15) is 0 Å². The van der Waals surface area contributed by atoms with E-state index in [-0.39, 0.29) is 0 Å². The molecule has 1 aromatic heterocycles. The van der Waals surface area contributed by atoms with E-state index in [1.807, 2.05) is 25.1 Å². The molecule has 0 aliphatic heterocycles. The predicted octanol–water partition coefficient (Wildman–Crippen LogP) is 2.15. The maximum Gasteiger partial charge on any atom is 0.222 e. The summed E-state index contributed by atoms with van der Waals surface area (Å²) in [6, 6.07) is 9.07. The number of hydrogen-bond acceptors (Lipinski definition) is 4. The van der Waals surface area contributed by atoms with Gasteiger partial charge in [-0.25, -0.2) is 9.97 Å². The number of phenolic OH excluding ortho intramolecular Hbond substituents is 1. The molecule has 17 heavy (non-hydrogen) atoms. The zero-order valence-electron chi connectivity index (χ0n) is 9.72. The Kier molecular flexibility index (Phi) is 3.55. The summed E-state index contributed by atoms with van der Waals surface area (Å²) in [6.07, 6.45) is 2.61. The Morgan fingerprint density at radius 3 is 2.65 bits per heavy atom. The van der Waals surface area contributed by atoms with Crippen LogP contribution in [0.5, 0.6) is 5.75 Å². The first kappa shape index (κ1) is 11.4. The van der Waals surface area contributed by atoms with Crippen molar-refractivity contribution in [3.05, 3.63) is 47.8 Å². The van der Waals surface area contributed by atoms with E-state index in [4.69, 9.17) is 5.11 Å². The van der Waals surface area contributed by atoms with Crippen LogP contribution < -0.4 is 5.32 Å². The average Bonchev–Trinajstić information content (AvgIpc) is 2.32. The van der Waals surface area contributed by atoms with Gasteiger partial charge in [0.15, 0.2) is 0 Å². The number of nitrogens with one attached hydrogen (secondary N) is 1. The fraction of sp³-hybridized carbons (Fsp3) is 0.231. The van der Waals surface area contributed by atoms with Crippen LogP contribution in [0.1, 0.15) is 11.3 Å². The van der Waals surface area contributed by atoms with E-state index in [1.165, 1.54) is 5.56 Å². The lowest BCUT2D eigenvalue weighted by Gasteiger charge is -2.05. The molecule has 2 rings (SSSR count). The lowest BCUT2D eigenvalue weighted by molar-refractivity contribution is 0.475. The number of aryl methyl sites for hydroxylation is 1. The molecule has 0 aliphatic rings. The molecule has 0 unspecified atom stereocenters. The molecule has 0 bridgehead atoms. The second-order valence-electron chi connectivity index (χ2n) is 3.86. The molecule has 88 valence electrons. The molecule has 4 nitrogen and oxygen atoms in total. The number of anilines is 1. The summed E-state index contributed by atoms with van der Waals surface area (Å²) in [5.41, 5.74) is 2.12. The topological polar surface area (TPSA) is 58.0 Å². The van der Waals surface area contributed by atoms with E-state index in [0.717, 1.165) is 18.7 Å². The monoisotopic (exact) mass is 229 g/mol. The molecule has 0 fully saturated rings. The van der Waals surface area contributed by atoms with Gasteiger partial charge in [0.05, 0.1) is 0 Å². The molecule has 0 aliphatic carbocycles. The highest BCUT2D eigenvalue weighted by Crippen LogP contribution is 2.10. The van der Waals surface area contributed by atoms with Crippen molar-refractivity contribution >= 4 is 5.95 Å². The number of rotatable bonds is 4. The van der Waals surface area contributed by atoms with Gasteiger partial charge in [-0.05, 0) is 37.1 Å². The smallest absolute Gasteiger partial charge is 0.222 e. The lowest BCUT2D eigenvalue weighted by Crippen LogP contribution is -2.08. The van der Waals surface area contributed by atoms with Crippen LogP contribution in [0.15, 0.2) is 36.5 Å². The first-order valence-corrected chi connectivity index (χ1v) is 5.55. The van der Waals surface area contributed by atoms with Gasteiger partial charge in [0.25, 0.3) is 0 Å². The largest absolute Gasteiger partial charge is 0.508 e. The molecule has 4 heteroatoms. The molecule has 2 aromatic rings. The zero-order valence-corrected chi connectivity index (χ0v) is 9.72. The van der Waals surface area contributed by atoms with Gasteiger partial charge in [-0.3, -0.25) is 0 Å². The number of benzene rings is 1. The molecule has 0 radical (unpaired) electrons. The zero-order chi connectivity index (χ0) is 12.1. The van der Waals surface area contributed by atoms with Gasteiger partial charge in [-0.1, -0.05) is 12.1 Å². The third kappa shape index (κ3) is 3.45. The fourth-order valence-electron chi connectivity index (χ4n) is 1.52. The summed E-state index contributed by atoms with van der Waals surface area (Å²) < 4.78 is 0. The third-order valence-corrected chi connectivity index (χ3v) is 2.43. The molecule has 0 atom stereocenters. The number of nitrogens with zero attached hydrogens (tertiary/aromatic N) is 2. The lowest BCUT2D eigenvalue weighted by atomic mass is 10.1. The highest BCUT2D eigenvalue weighted by Gasteiger charge is 1.96. The molecule has 1 aromatic carbocycles. The Hall–Kier alpha value is -2.10. The highest BCUT2D eigenvalue weighted by molar-refractivity contribution is 5.28. The molecular weight excluding hydrogens is 214 g/mol. The Morgan fingerprint density at radius 2 is 1.94 bits per heavy atom. The van der Waals surface area contributed by atoms with Crippen molar-refractivity contribution in [2.45, 2.75) is 13.3 Å². The van der Waals surface area contributed by atoms with Crippen LogP contribution in [0, 0.1) is 6.92 Å². The SMILES string of the molecule is Cc1ccnc(NCCc2ccc(O)cc2)n1. The molecular formula is C13H15N3O. The van der Waals surface area contributed by atoms with Crippen LogP contribution in [0.3, 0.4) is 0 Å². The van der Waals surface area contributed by atoms with Crippen molar-refractivity contribution in [2.24, 2.45) is 0 Å². The maximum absolute atomic E-state index is 9.16. The quantitative estimate of drug-likeness (QED) is 0.843. The van der Waals surface area contributed by atoms with Crippen LogP contribution in [0.4, 0.5) is 5.95 Å². The van der Waals surface area contributed by atoms with Crippen molar-refractivity contribution in [1.82, 2.24) is 9.97 Å². The van der Waals surface area contributed by atoms with Gasteiger partial charge in [-0.15, -0.1) is 0 Å². The van der Waals surface area contributed by atoms with Crippen molar-refractivity contribution in [1.29, 1.82) is 0 Å². The van der Waals surface area contributed by atoms with Crippen LogP contribution in [0.25, 0.3) is 0 Å². The van der Waals surface area contributed by atoms with Gasteiger partial charge in [0.2, 0.25) is 5.95 Å². The Morgan fingerprint density at radius 1 is 1.18 bits per heavy atom. The van der Waals surface area contributed by atoms with Crippen molar-refractivity contribution in [3.8, 4) is 5.75 Å². The standard InChI is InChI=1S/C13H15N3O/c1-10-6-8-14-13(16-10)15-9-7-11-2-4-12(17)5-3-11/h2-6,8,17H,7,9H2,1H3,(H,14,15,16).